The van der Waals surface area contributed by atoms with Gasteiger partial charge in [-0.2, -0.15) is 5.10 Å². The first-order valence-corrected chi connectivity index (χ1v) is 13.4. The lowest BCUT2D eigenvalue weighted by Gasteiger charge is -2.29. The molecule has 0 unspecified atom stereocenters. The summed E-state index contributed by atoms with van der Waals surface area (Å²) in [6.45, 7) is 11.0. The summed E-state index contributed by atoms with van der Waals surface area (Å²) in [7, 11) is 0. The highest BCUT2D eigenvalue weighted by Gasteiger charge is 2.27. The van der Waals surface area contributed by atoms with Crippen molar-refractivity contribution in [2.24, 2.45) is 0 Å². The van der Waals surface area contributed by atoms with Gasteiger partial charge in [-0.1, -0.05) is 43.3 Å². The Morgan fingerprint density at radius 1 is 1.11 bits per heavy atom. The lowest BCUT2D eigenvalue weighted by molar-refractivity contribution is -0.0594. The van der Waals surface area contributed by atoms with Crippen molar-refractivity contribution in [1.29, 1.82) is 0 Å². The predicted octanol–water partition coefficient (Wildman–Crippen LogP) is 5.38. The Balaban J connectivity index is 1.66. The smallest absolute Gasteiger partial charge is 0.227 e. The molecule has 1 aliphatic rings. The van der Waals surface area contributed by atoms with Crippen LogP contribution in [0.2, 0.25) is 0 Å². The monoisotopic (exact) mass is 507 g/mol. The highest BCUT2D eigenvalue weighted by Crippen LogP contribution is 2.32. The van der Waals surface area contributed by atoms with E-state index in [1.165, 1.54) is 0 Å². The number of aromatic nitrogens is 2. The molecule has 2 atom stereocenters. The van der Waals surface area contributed by atoms with Gasteiger partial charge in [0.2, 0.25) is 5.88 Å². The number of benzene rings is 2. The molecule has 37 heavy (non-hydrogen) atoms. The first kappa shape index (κ1) is 27.3. The molecule has 1 aromatic heterocycles. The number of ether oxygens (including phenoxy) is 3. The van der Waals surface area contributed by atoms with E-state index in [4.69, 9.17) is 19.3 Å². The Morgan fingerprint density at radius 2 is 1.81 bits per heavy atom. The molecular weight excluding hydrogens is 466 g/mol. The van der Waals surface area contributed by atoms with Crippen LogP contribution in [-0.2, 0) is 22.4 Å². The predicted molar refractivity (Wildman–Crippen MR) is 145 cm³/mol. The van der Waals surface area contributed by atoms with Crippen LogP contribution in [0.25, 0.3) is 5.69 Å². The Labute approximate surface area is 221 Å². The number of aryl methyl sites for hydroxylation is 1. The van der Waals surface area contributed by atoms with Crippen molar-refractivity contribution in [3.63, 3.8) is 0 Å². The number of rotatable bonds is 12. The third kappa shape index (κ3) is 7.89. The molecule has 1 N–H and O–H groups in total. The summed E-state index contributed by atoms with van der Waals surface area (Å²) >= 11 is 0. The Kier molecular flexibility index (Phi) is 9.38. The van der Waals surface area contributed by atoms with E-state index in [1.54, 1.807) is 0 Å². The van der Waals surface area contributed by atoms with Crippen molar-refractivity contribution in [3.05, 3.63) is 71.9 Å². The first-order valence-electron chi connectivity index (χ1n) is 13.4. The third-order valence-electron chi connectivity index (χ3n) is 6.36. The van der Waals surface area contributed by atoms with E-state index in [0.29, 0.717) is 19.0 Å². The van der Waals surface area contributed by atoms with Crippen LogP contribution in [-0.4, -0.2) is 63.9 Å². The van der Waals surface area contributed by atoms with Crippen molar-refractivity contribution >= 4 is 0 Å². The maximum atomic E-state index is 10.9. The van der Waals surface area contributed by atoms with E-state index >= 15 is 0 Å². The molecule has 0 radical (unpaired) electrons. The van der Waals surface area contributed by atoms with E-state index in [9.17, 15) is 5.11 Å². The fourth-order valence-corrected chi connectivity index (χ4v) is 4.57. The number of hydrogen-bond acceptors (Lipinski definition) is 6. The van der Waals surface area contributed by atoms with Crippen molar-refractivity contribution in [3.8, 4) is 17.3 Å². The number of nitrogens with zero attached hydrogens (tertiary/aromatic N) is 3. The van der Waals surface area contributed by atoms with Crippen LogP contribution in [0.3, 0.4) is 0 Å². The summed E-state index contributed by atoms with van der Waals surface area (Å²) in [6, 6.07) is 19.9. The van der Waals surface area contributed by atoms with Gasteiger partial charge in [0.1, 0.15) is 5.75 Å². The minimum absolute atomic E-state index is 0.156. The number of hydrogen-bond donors (Lipinski definition) is 1. The van der Waals surface area contributed by atoms with E-state index in [0.717, 1.165) is 55.1 Å². The summed E-state index contributed by atoms with van der Waals surface area (Å²) in [6.07, 6.45) is 2.41. The summed E-state index contributed by atoms with van der Waals surface area (Å²) in [5.74, 6) is 1.46. The average Bonchev–Trinajstić information content (AvgIpc) is 3.52. The van der Waals surface area contributed by atoms with Crippen LogP contribution in [0.5, 0.6) is 11.6 Å². The van der Waals surface area contributed by atoms with E-state index in [1.807, 2.05) is 86.1 Å². The zero-order valence-electron chi connectivity index (χ0n) is 22.6. The van der Waals surface area contributed by atoms with E-state index in [-0.39, 0.29) is 18.3 Å². The van der Waals surface area contributed by atoms with Gasteiger partial charge in [0, 0.05) is 26.2 Å². The second-order valence-electron chi connectivity index (χ2n) is 10.7. The molecule has 2 aromatic carbocycles. The van der Waals surface area contributed by atoms with Gasteiger partial charge in [-0.15, -0.1) is 0 Å². The molecule has 4 rings (SSSR count). The van der Waals surface area contributed by atoms with Gasteiger partial charge in [-0.05, 0) is 64.3 Å². The Morgan fingerprint density at radius 3 is 2.43 bits per heavy atom. The summed E-state index contributed by atoms with van der Waals surface area (Å²) < 4.78 is 20.2. The van der Waals surface area contributed by atoms with Crippen LogP contribution < -0.4 is 4.74 Å². The van der Waals surface area contributed by atoms with E-state index < -0.39 is 6.10 Å². The molecule has 200 valence electrons. The lowest BCUT2D eigenvalue weighted by atomic mass is 10.1. The van der Waals surface area contributed by atoms with Crippen LogP contribution in [0.1, 0.15) is 51.8 Å². The highest BCUT2D eigenvalue weighted by atomic mass is 16.5. The SMILES string of the molecule is CCc1nn(-c2ccccc2)c(Oc2ccccc2)c1CN(C[C@@H](O)COC(C)(C)C)C[C@H]1CCCO1. The molecule has 0 spiro atoms. The molecule has 0 amide bonds. The average molecular weight is 508 g/mol. The maximum absolute atomic E-state index is 10.9. The minimum atomic E-state index is -0.617. The van der Waals surface area contributed by atoms with E-state index in [2.05, 4.69) is 11.8 Å². The van der Waals surface area contributed by atoms with Crippen molar-refractivity contribution in [1.82, 2.24) is 14.7 Å². The molecule has 0 aliphatic carbocycles. The normalized spacial score (nSPS) is 16.9. The fraction of sp³-hybridized carbons (Fsp3) is 0.500. The molecule has 7 heteroatoms. The van der Waals surface area contributed by atoms with Gasteiger partial charge in [0.25, 0.3) is 0 Å². The first-order chi connectivity index (χ1) is 17.8. The number of aliphatic hydroxyl groups excluding tert-OH is 1. The fourth-order valence-electron chi connectivity index (χ4n) is 4.57. The van der Waals surface area contributed by atoms with Gasteiger partial charge in [-0.3, -0.25) is 4.90 Å². The number of para-hydroxylation sites is 2. The second kappa shape index (κ2) is 12.7. The zero-order chi connectivity index (χ0) is 26.3. The number of aliphatic hydroxyl groups is 1. The lowest BCUT2D eigenvalue weighted by Crippen LogP contribution is -2.40. The van der Waals surface area contributed by atoms with Crippen LogP contribution in [0.15, 0.2) is 60.7 Å². The molecule has 7 nitrogen and oxygen atoms in total. The molecule has 2 heterocycles. The molecule has 1 saturated heterocycles. The van der Waals surface area contributed by atoms with Gasteiger partial charge >= 0.3 is 0 Å². The van der Waals surface area contributed by atoms with Gasteiger partial charge in [0.05, 0.1) is 41.4 Å². The zero-order valence-corrected chi connectivity index (χ0v) is 22.6. The van der Waals surface area contributed by atoms with Crippen LogP contribution in [0.4, 0.5) is 0 Å². The largest absolute Gasteiger partial charge is 0.439 e. The quantitative estimate of drug-likeness (QED) is 0.355. The maximum Gasteiger partial charge on any atom is 0.227 e. The molecule has 1 aliphatic heterocycles. The topological polar surface area (TPSA) is 69.0 Å². The van der Waals surface area contributed by atoms with Gasteiger partial charge < -0.3 is 19.3 Å². The molecule has 3 aromatic rings. The van der Waals surface area contributed by atoms with Crippen molar-refractivity contribution in [2.75, 3.05) is 26.3 Å². The molecular formula is C30H41N3O4. The van der Waals surface area contributed by atoms with Crippen molar-refractivity contribution < 1.29 is 19.3 Å². The molecule has 0 bridgehead atoms. The highest BCUT2D eigenvalue weighted by molar-refractivity contribution is 5.43. The van der Waals surface area contributed by atoms with Crippen LogP contribution in [0, 0.1) is 0 Å². The van der Waals surface area contributed by atoms with Gasteiger partial charge in [0.15, 0.2) is 0 Å². The summed E-state index contributed by atoms with van der Waals surface area (Å²) in [5, 5.41) is 15.9. The standard InChI is InChI=1S/C30H41N3O4/c1-5-28-27(21-32(20-26-17-12-18-35-26)19-24(34)22-36-30(2,3)4)29(37-25-15-10-7-11-16-25)33(31-28)23-13-8-6-9-14-23/h6-11,13-16,24,26,34H,5,12,17-22H2,1-4H3/t24-,26-/m1/s1. The second-order valence-corrected chi connectivity index (χ2v) is 10.7. The third-order valence-corrected chi connectivity index (χ3v) is 6.36. The van der Waals surface area contributed by atoms with Gasteiger partial charge in [-0.25, -0.2) is 4.68 Å². The Bertz CT molecular complexity index is 1090. The molecule has 1 fully saturated rings. The summed E-state index contributed by atoms with van der Waals surface area (Å²) in [4.78, 5) is 2.26. The summed E-state index contributed by atoms with van der Waals surface area (Å²) in [5.41, 5.74) is 2.65. The van der Waals surface area contributed by atoms with Crippen LogP contribution >= 0.6 is 0 Å². The van der Waals surface area contributed by atoms with Crippen molar-refractivity contribution in [2.45, 2.75) is 71.3 Å². The minimum Gasteiger partial charge on any atom is -0.439 e. The molecule has 0 saturated carbocycles. The Hall–Kier alpha value is -2.71.